The van der Waals surface area contributed by atoms with Gasteiger partial charge in [0.25, 0.3) is 17.6 Å². The number of aromatic nitrogens is 5. The average molecular weight is 600 g/mol. The Bertz CT molecular complexity index is 1590. The molecular weight excluding hydrogens is 566 g/mol. The molecule has 222 valence electrons. The highest BCUT2D eigenvalue weighted by molar-refractivity contribution is 6.31. The molecule has 0 saturated heterocycles. The predicted octanol–water partition coefficient (Wildman–Crippen LogP) is 0.0572. The van der Waals surface area contributed by atoms with Crippen LogP contribution in [0.25, 0.3) is 11.0 Å². The van der Waals surface area contributed by atoms with Gasteiger partial charge in [-0.1, -0.05) is 11.6 Å². The van der Waals surface area contributed by atoms with Crippen molar-refractivity contribution in [3.8, 4) is 11.5 Å². The Kier molecular flexibility index (Phi) is 9.93. The molecule has 15 heteroatoms. The Morgan fingerprint density at radius 2 is 1.98 bits per heavy atom. The van der Waals surface area contributed by atoms with Crippen molar-refractivity contribution in [2.45, 2.75) is 39.5 Å². The number of amides is 2. The van der Waals surface area contributed by atoms with Crippen LogP contribution in [0.15, 0.2) is 42.7 Å². The van der Waals surface area contributed by atoms with E-state index in [-0.39, 0.29) is 60.4 Å². The summed E-state index contributed by atoms with van der Waals surface area (Å²) < 4.78 is 11.5. The van der Waals surface area contributed by atoms with Crippen molar-refractivity contribution in [2.75, 3.05) is 31.2 Å². The summed E-state index contributed by atoms with van der Waals surface area (Å²) in [6.07, 6.45) is 4.15. The van der Waals surface area contributed by atoms with Crippen molar-refractivity contribution in [1.29, 1.82) is 0 Å². The van der Waals surface area contributed by atoms with Crippen LogP contribution in [0.4, 0.5) is 11.6 Å². The molecule has 0 bridgehead atoms. The molecule has 0 spiro atoms. The van der Waals surface area contributed by atoms with Gasteiger partial charge >= 0.3 is 0 Å². The molecule has 0 unspecified atom stereocenters. The van der Waals surface area contributed by atoms with Crippen LogP contribution in [0.2, 0.25) is 5.15 Å². The van der Waals surface area contributed by atoms with Gasteiger partial charge in [-0.25, -0.2) is 23.7 Å². The minimum Gasteiger partial charge on any atom is -0.503 e. The number of rotatable bonds is 13. The number of imidazole rings is 1. The third-order valence-electron chi connectivity index (χ3n) is 6.45. The normalized spacial score (nSPS) is 11.0. The number of fused-ring (bicyclic) bond motifs is 1. The number of aryl methyl sites for hydroxylation is 2. The van der Waals surface area contributed by atoms with Gasteiger partial charge in [-0.05, 0) is 25.1 Å². The number of carbonyl (C=O) groups is 2. The first-order valence-electron chi connectivity index (χ1n) is 13.3. The summed E-state index contributed by atoms with van der Waals surface area (Å²) in [4.78, 5) is 33.0. The number of benzene rings is 1. The summed E-state index contributed by atoms with van der Waals surface area (Å²) in [6, 6.07) is 8.76. The second-order valence-corrected chi connectivity index (χ2v) is 9.65. The Morgan fingerprint density at radius 1 is 1.17 bits per heavy atom. The summed E-state index contributed by atoms with van der Waals surface area (Å²) >= 11 is 5.92. The van der Waals surface area contributed by atoms with Crippen molar-refractivity contribution in [2.24, 2.45) is 0 Å². The van der Waals surface area contributed by atoms with Crippen molar-refractivity contribution in [1.82, 2.24) is 25.2 Å². The van der Waals surface area contributed by atoms with Gasteiger partial charge in [0.2, 0.25) is 6.20 Å². The molecule has 0 aliphatic rings. The van der Waals surface area contributed by atoms with Crippen LogP contribution in [-0.2, 0) is 31.0 Å². The lowest BCUT2D eigenvalue weighted by Crippen LogP contribution is -2.40. The molecule has 3 heterocycles. The SMILES string of the molecule is CC[n+]1c(CNC(=O)c2nc(Cl)c(N)nc2N)n(CCO)c2cc(OCC(=O)NCCC[n+]3cccc(O)c3)ccc21. The Labute approximate surface area is 246 Å². The van der Waals surface area contributed by atoms with Gasteiger partial charge in [-0.15, -0.1) is 0 Å². The van der Waals surface area contributed by atoms with Gasteiger partial charge in [0.1, 0.15) is 25.4 Å². The molecule has 4 rings (SSSR count). The molecule has 2 amide bonds. The largest absolute Gasteiger partial charge is 0.503 e. The zero-order chi connectivity index (χ0) is 30.2. The molecule has 8 N–H and O–H groups in total. The fourth-order valence-corrected chi connectivity index (χ4v) is 4.67. The van der Waals surface area contributed by atoms with Gasteiger partial charge in [-0.3, -0.25) is 9.59 Å². The molecular formula is C27H34ClN9O5+2. The molecule has 0 aliphatic carbocycles. The van der Waals surface area contributed by atoms with Crippen molar-refractivity contribution in [3.05, 3.63) is 59.4 Å². The third kappa shape index (κ3) is 7.14. The van der Waals surface area contributed by atoms with E-state index in [2.05, 4.69) is 20.6 Å². The van der Waals surface area contributed by atoms with Crippen molar-refractivity contribution in [3.63, 3.8) is 0 Å². The molecule has 0 aliphatic heterocycles. The van der Waals surface area contributed by atoms with Crippen LogP contribution in [0.5, 0.6) is 11.5 Å². The molecule has 0 fully saturated rings. The third-order valence-corrected chi connectivity index (χ3v) is 6.72. The Hall–Kier alpha value is -4.69. The highest BCUT2D eigenvalue weighted by Crippen LogP contribution is 2.22. The number of aliphatic hydroxyl groups excluding tert-OH is 1. The van der Waals surface area contributed by atoms with Crippen LogP contribution in [0, 0.1) is 0 Å². The van der Waals surface area contributed by atoms with E-state index >= 15 is 0 Å². The maximum Gasteiger partial charge on any atom is 0.277 e. The molecule has 42 heavy (non-hydrogen) atoms. The van der Waals surface area contributed by atoms with Gasteiger partial charge in [0, 0.05) is 25.1 Å². The number of nitrogens with one attached hydrogen (secondary N) is 2. The lowest BCUT2D eigenvalue weighted by atomic mass is 10.3. The van der Waals surface area contributed by atoms with Gasteiger partial charge in [0.05, 0.1) is 13.2 Å². The number of carbonyl (C=O) groups excluding carboxylic acids is 2. The number of aliphatic hydroxyl groups is 1. The van der Waals surface area contributed by atoms with E-state index in [0.717, 1.165) is 11.0 Å². The number of nitrogen functional groups attached to an aromatic ring is 2. The molecule has 0 saturated carbocycles. The molecule has 4 aromatic rings. The van der Waals surface area contributed by atoms with Crippen LogP contribution >= 0.6 is 11.6 Å². The van der Waals surface area contributed by atoms with E-state index in [1.807, 2.05) is 32.9 Å². The molecule has 0 atom stereocenters. The van der Waals surface area contributed by atoms with Crippen LogP contribution in [0.3, 0.4) is 0 Å². The number of aromatic hydroxyl groups is 1. The maximum absolute atomic E-state index is 12.8. The van der Waals surface area contributed by atoms with Crippen molar-refractivity contribution < 1.29 is 33.7 Å². The number of pyridine rings is 1. The first kappa shape index (κ1) is 30.3. The number of hydrogen-bond acceptors (Lipinski definition) is 9. The second-order valence-electron chi connectivity index (χ2n) is 9.29. The highest BCUT2D eigenvalue weighted by atomic mass is 35.5. The van der Waals surface area contributed by atoms with Crippen molar-refractivity contribution >= 4 is 46.1 Å². The smallest absolute Gasteiger partial charge is 0.277 e. The zero-order valence-corrected chi connectivity index (χ0v) is 23.8. The molecule has 1 aromatic carbocycles. The summed E-state index contributed by atoms with van der Waals surface area (Å²) in [5.41, 5.74) is 12.9. The number of nitrogens with zero attached hydrogens (tertiary/aromatic N) is 5. The number of halogens is 1. The summed E-state index contributed by atoms with van der Waals surface area (Å²) in [7, 11) is 0. The zero-order valence-electron chi connectivity index (χ0n) is 23.1. The van der Waals surface area contributed by atoms with Crippen LogP contribution < -0.4 is 36.0 Å². The monoisotopic (exact) mass is 599 g/mol. The van der Waals surface area contributed by atoms with Gasteiger partial charge in [0.15, 0.2) is 52.1 Å². The van der Waals surface area contributed by atoms with E-state index in [0.29, 0.717) is 37.6 Å². The molecule has 14 nitrogen and oxygen atoms in total. The van der Waals surface area contributed by atoms with E-state index in [4.69, 9.17) is 27.8 Å². The van der Waals surface area contributed by atoms with E-state index in [9.17, 15) is 19.8 Å². The average Bonchev–Trinajstić information content (AvgIpc) is 3.26. The maximum atomic E-state index is 12.8. The lowest BCUT2D eigenvalue weighted by molar-refractivity contribution is -0.697. The number of ether oxygens (including phenoxy) is 1. The summed E-state index contributed by atoms with van der Waals surface area (Å²) in [5, 5.41) is 24.8. The van der Waals surface area contributed by atoms with E-state index in [1.54, 1.807) is 30.5 Å². The van der Waals surface area contributed by atoms with E-state index in [1.165, 1.54) is 0 Å². The fraction of sp³-hybridized carbons (Fsp3) is 0.333. The fourth-order valence-electron chi connectivity index (χ4n) is 4.54. The lowest BCUT2D eigenvalue weighted by Gasteiger charge is -2.08. The highest BCUT2D eigenvalue weighted by Gasteiger charge is 2.26. The number of anilines is 2. The number of hydrogen-bond donors (Lipinski definition) is 6. The van der Waals surface area contributed by atoms with Gasteiger partial charge in [-0.2, -0.15) is 0 Å². The first-order chi connectivity index (χ1) is 20.2. The first-order valence-corrected chi connectivity index (χ1v) is 13.7. The van der Waals surface area contributed by atoms with Gasteiger partial charge < -0.3 is 37.1 Å². The van der Waals surface area contributed by atoms with Crippen LogP contribution in [0.1, 0.15) is 29.7 Å². The molecule has 0 radical (unpaired) electrons. The Balaban J connectivity index is 1.42. The Morgan fingerprint density at radius 3 is 2.71 bits per heavy atom. The van der Waals surface area contributed by atoms with E-state index < -0.39 is 5.91 Å². The predicted molar refractivity (Wildman–Crippen MR) is 153 cm³/mol. The summed E-state index contributed by atoms with van der Waals surface area (Å²) in [6.45, 7) is 3.67. The standard InChI is InChI=1S/C27H32ClN9O5/c1-2-36-19-7-6-18(42-16-21(40)31-8-4-10-35-9-3-5-17(39)15-35)13-20(19)37(11-12-38)22(36)14-32-27(41)23-25(29)34-26(30)24(28)33-23/h3,5-7,9,13,15,38H,2,4,8,10-12,14,16H2,1H3,(H5-2,29,30,31,32,34,39,40,41)/p+2. The minimum absolute atomic E-state index is 0.0721. The summed E-state index contributed by atoms with van der Waals surface area (Å²) in [5.74, 6) is 0.305. The number of nitrogens with two attached hydrogens (primary N) is 2. The minimum atomic E-state index is -0.582. The van der Waals surface area contributed by atoms with Crippen LogP contribution in [-0.4, -0.2) is 56.3 Å². The second kappa shape index (κ2) is 13.8. The quantitative estimate of drug-likeness (QED) is 0.0908. The topological polar surface area (TPSA) is 198 Å². The molecule has 3 aromatic heterocycles.